The van der Waals surface area contributed by atoms with Crippen LogP contribution in [0.15, 0.2) is 6.33 Å². The third kappa shape index (κ3) is 9.83. The number of aromatic nitrogens is 4. The molecule has 2 aromatic rings. The van der Waals surface area contributed by atoms with Crippen LogP contribution in [0.3, 0.4) is 0 Å². The monoisotopic (exact) mass is 757 g/mol. The van der Waals surface area contributed by atoms with Gasteiger partial charge in [0.15, 0.2) is 42.3 Å². The lowest BCUT2D eigenvalue weighted by Gasteiger charge is -2.44. The standard InChI is InChI=1S/C33H63N5O9Si3/c1-31(2,3)48(11,12)44-21-23-25(46-49(13,14)32(4,5)6)26(47-50(15,16)33(7,8)9)29(45-23)37-22-34-24-27(37)35-30(36-28(24)41-10)42-19-17-18-20-43-38(39)40/h22-23,25-26,29H,17-21H2,1-16H3/t23-,25-,26-,29-/m1/s1. The van der Waals surface area contributed by atoms with Gasteiger partial charge in [0.05, 0.1) is 33.3 Å². The molecule has 3 rings (SSSR count). The zero-order chi connectivity index (χ0) is 38.1. The first-order valence-corrected chi connectivity index (χ1v) is 26.3. The second kappa shape index (κ2) is 15.4. The molecule has 0 aliphatic carbocycles. The van der Waals surface area contributed by atoms with Crippen molar-refractivity contribution in [2.24, 2.45) is 0 Å². The van der Waals surface area contributed by atoms with Crippen molar-refractivity contribution in [3.8, 4) is 11.9 Å². The number of imidazole rings is 1. The predicted molar refractivity (Wildman–Crippen MR) is 201 cm³/mol. The lowest BCUT2D eigenvalue weighted by molar-refractivity contribution is -0.757. The van der Waals surface area contributed by atoms with Crippen molar-refractivity contribution in [1.29, 1.82) is 0 Å². The first-order valence-electron chi connectivity index (χ1n) is 17.6. The van der Waals surface area contributed by atoms with E-state index in [1.807, 2.05) is 4.57 Å². The van der Waals surface area contributed by atoms with Gasteiger partial charge in [-0.25, -0.2) is 4.98 Å². The van der Waals surface area contributed by atoms with Crippen LogP contribution >= 0.6 is 0 Å². The highest BCUT2D eigenvalue weighted by atomic mass is 28.4. The highest BCUT2D eigenvalue weighted by Gasteiger charge is 2.55. The number of hydrogen-bond acceptors (Lipinski definition) is 12. The molecule has 0 bridgehead atoms. The van der Waals surface area contributed by atoms with Gasteiger partial charge in [0.2, 0.25) is 5.88 Å². The minimum atomic E-state index is -2.38. The number of ether oxygens (including phenoxy) is 3. The summed E-state index contributed by atoms with van der Waals surface area (Å²) in [5.41, 5.74) is 0.922. The van der Waals surface area contributed by atoms with Crippen LogP contribution in [0.25, 0.3) is 11.2 Å². The van der Waals surface area contributed by atoms with Crippen molar-refractivity contribution >= 4 is 36.1 Å². The summed E-state index contributed by atoms with van der Waals surface area (Å²) in [6.07, 6.45) is 0.649. The molecule has 1 saturated heterocycles. The van der Waals surface area contributed by atoms with Gasteiger partial charge in [-0.05, 0) is 67.2 Å². The zero-order valence-electron chi connectivity index (χ0n) is 33.3. The number of fused-ring (bicyclic) bond motifs is 1. The van der Waals surface area contributed by atoms with E-state index in [9.17, 15) is 10.1 Å². The van der Waals surface area contributed by atoms with Gasteiger partial charge < -0.3 is 32.3 Å². The molecule has 0 radical (unpaired) electrons. The van der Waals surface area contributed by atoms with E-state index in [1.165, 1.54) is 7.11 Å². The van der Waals surface area contributed by atoms with E-state index in [0.717, 1.165) is 0 Å². The SMILES string of the molecule is COc1nc(OCCCCO[N+](=O)[O-])nc2c1ncn2[C@@H]1O[C@H](CO[Si](C)(C)C(C)(C)C)[C@@H](O[Si](C)(C)C(C)(C)C)[C@H]1O[Si](C)(C)C(C)(C)C. The summed E-state index contributed by atoms with van der Waals surface area (Å²) < 4.78 is 41.8. The fourth-order valence-corrected chi connectivity index (χ4v) is 8.26. The Morgan fingerprint density at radius 3 is 1.90 bits per heavy atom. The summed E-state index contributed by atoms with van der Waals surface area (Å²) in [6, 6.07) is 0.0954. The summed E-state index contributed by atoms with van der Waals surface area (Å²) in [5, 5.41) is 9.55. The zero-order valence-corrected chi connectivity index (χ0v) is 36.3. The summed E-state index contributed by atoms with van der Waals surface area (Å²) in [6.45, 7) is 34.2. The fraction of sp³-hybridized carbons (Fsp3) is 0.848. The Morgan fingerprint density at radius 1 is 0.840 bits per heavy atom. The van der Waals surface area contributed by atoms with Crippen molar-refractivity contribution in [1.82, 2.24) is 19.5 Å². The van der Waals surface area contributed by atoms with Gasteiger partial charge in [0.1, 0.15) is 18.3 Å². The van der Waals surface area contributed by atoms with Crippen LogP contribution in [-0.2, 0) is 22.9 Å². The van der Waals surface area contributed by atoms with Crippen LogP contribution in [0.2, 0.25) is 54.4 Å². The second-order valence-corrected chi connectivity index (χ2v) is 32.1. The summed E-state index contributed by atoms with van der Waals surface area (Å²) >= 11 is 0. The first-order chi connectivity index (χ1) is 22.7. The van der Waals surface area contributed by atoms with Crippen molar-refractivity contribution in [3.63, 3.8) is 0 Å². The average molecular weight is 758 g/mol. The molecule has 0 spiro atoms. The molecule has 286 valence electrons. The van der Waals surface area contributed by atoms with Crippen molar-refractivity contribution in [2.45, 2.75) is 154 Å². The minimum Gasteiger partial charge on any atom is -0.479 e. The predicted octanol–water partition coefficient (Wildman–Crippen LogP) is 7.90. The molecule has 1 aliphatic rings. The van der Waals surface area contributed by atoms with E-state index in [-0.39, 0.29) is 40.2 Å². The quantitative estimate of drug-likeness (QED) is 0.0708. The van der Waals surface area contributed by atoms with E-state index in [0.29, 0.717) is 30.6 Å². The van der Waals surface area contributed by atoms with E-state index >= 15 is 0 Å². The maximum Gasteiger partial charge on any atom is 0.321 e. The molecule has 4 atom stereocenters. The van der Waals surface area contributed by atoms with E-state index in [2.05, 4.69) is 116 Å². The minimum absolute atomic E-state index is 0.0145. The number of rotatable bonds is 16. The van der Waals surface area contributed by atoms with Gasteiger partial charge in [-0.2, -0.15) is 9.97 Å². The third-order valence-electron chi connectivity index (χ3n) is 11.0. The Labute approximate surface area is 301 Å². The third-order valence-corrected chi connectivity index (χ3v) is 24.4. The number of hydrogen-bond donors (Lipinski definition) is 0. The highest BCUT2D eigenvalue weighted by molar-refractivity contribution is 6.75. The molecule has 1 aliphatic heterocycles. The molecule has 50 heavy (non-hydrogen) atoms. The van der Waals surface area contributed by atoms with Crippen LogP contribution in [0.5, 0.6) is 11.9 Å². The fourth-order valence-electron chi connectivity index (χ4n) is 4.65. The van der Waals surface area contributed by atoms with Gasteiger partial charge in [0, 0.05) is 0 Å². The van der Waals surface area contributed by atoms with Crippen LogP contribution in [0.4, 0.5) is 0 Å². The molecule has 0 saturated carbocycles. The molecule has 14 nitrogen and oxygen atoms in total. The molecule has 3 heterocycles. The molecular formula is C33H63N5O9Si3. The molecule has 0 N–H and O–H groups in total. The van der Waals surface area contributed by atoms with Crippen molar-refractivity contribution in [3.05, 3.63) is 16.4 Å². The summed E-state index contributed by atoms with van der Waals surface area (Å²) in [4.78, 5) is 28.7. The first kappa shape index (κ1) is 42.3. The van der Waals surface area contributed by atoms with Crippen LogP contribution < -0.4 is 9.47 Å². The van der Waals surface area contributed by atoms with Gasteiger partial charge in [-0.15, -0.1) is 10.1 Å². The molecule has 17 heteroatoms. The van der Waals surface area contributed by atoms with Crippen LogP contribution in [-0.4, -0.2) is 94.8 Å². The Balaban J connectivity index is 2.12. The molecule has 2 aromatic heterocycles. The Bertz CT molecular complexity index is 1450. The normalized spacial score (nSPS) is 21.1. The Hall–Kier alpha value is -2.16. The van der Waals surface area contributed by atoms with Gasteiger partial charge in [0.25, 0.3) is 5.09 Å². The molecular weight excluding hydrogens is 695 g/mol. The van der Waals surface area contributed by atoms with Gasteiger partial charge >= 0.3 is 6.01 Å². The number of methoxy groups -OCH3 is 1. The number of unbranched alkanes of at least 4 members (excludes halogenated alkanes) is 1. The van der Waals surface area contributed by atoms with Crippen LogP contribution in [0.1, 0.15) is 81.4 Å². The maximum atomic E-state index is 10.5. The average Bonchev–Trinajstić information content (AvgIpc) is 3.52. The topological polar surface area (TPSA) is 151 Å². The largest absolute Gasteiger partial charge is 0.479 e. The van der Waals surface area contributed by atoms with Gasteiger partial charge in [-0.3, -0.25) is 4.57 Å². The Kier molecular flexibility index (Phi) is 13.0. The lowest BCUT2D eigenvalue weighted by Crippen LogP contribution is -2.54. The van der Waals surface area contributed by atoms with E-state index in [4.69, 9.17) is 32.5 Å². The van der Waals surface area contributed by atoms with Crippen molar-refractivity contribution in [2.75, 3.05) is 26.9 Å². The van der Waals surface area contributed by atoms with Crippen LogP contribution in [0, 0.1) is 10.1 Å². The van der Waals surface area contributed by atoms with E-state index in [1.54, 1.807) is 6.33 Å². The molecule has 0 aromatic carbocycles. The lowest BCUT2D eigenvalue weighted by atomic mass is 10.1. The summed E-state index contributed by atoms with van der Waals surface area (Å²) in [5.74, 6) is 0.257. The van der Waals surface area contributed by atoms with Gasteiger partial charge in [-0.1, -0.05) is 62.3 Å². The Morgan fingerprint density at radius 2 is 1.38 bits per heavy atom. The van der Waals surface area contributed by atoms with Crippen molar-refractivity contribution < 1.29 is 37.4 Å². The molecule has 0 amide bonds. The number of nitrogens with zero attached hydrogens (tertiary/aromatic N) is 5. The smallest absolute Gasteiger partial charge is 0.321 e. The molecule has 0 unspecified atom stereocenters. The maximum absolute atomic E-state index is 10.5. The molecule has 1 fully saturated rings. The second-order valence-electron chi connectivity index (χ2n) is 17.8. The highest BCUT2D eigenvalue weighted by Crippen LogP contribution is 2.47. The van der Waals surface area contributed by atoms with E-state index < -0.39 is 54.6 Å². The summed E-state index contributed by atoms with van der Waals surface area (Å²) in [7, 11) is -5.34.